The fourth-order valence-corrected chi connectivity index (χ4v) is 6.24. The van der Waals surface area contributed by atoms with E-state index in [-0.39, 0.29) is 37.8 Å². The number of aromatic nitrogens is 2. The van der Waals surface area contributed by atoms with Crippen molar-refractivity contribution in [1.29, 1.82) is 5.26 Å². The molecule has 4 unspecified atom stereocenters. The van der Waals surface area contributed by atoms with Gasteiger partial charge in [0.1, 0.15) is 0 Å². The molecule has 0 aliphatic carbocycles. The van der Waals surface area contributed by atoms with Gasteiger partial charge in [0.05, 0.1) is 44.0 Å². The highest BCUT2D eigenvalue weighted by Crippen LogP contribution is 2.49. The molecule has 1 aliphatic rings. The summed E-state index contributed by atoms with van der Waals surface area (Å²) in [5.74, 6) is 1.82. The van der Waals surface area contributed by atoms with Crippen molar-refractivity contribution in [2.75, 3.05) is 27.4 Å². The van der Waals surface area contributed by atoms with Crippen LogP contribution in [0.25, 0.3) is 0 Å². The number of nitrogens with one attached hydrogen (secondary N) is 1. The van der Waals surface area contributed by atoms with E-state index in [1.165, 1.54) is 16.8 Å². The first-order valence-corrected chi connectivity index (χ1v) is 13.8. The van der Waals surface area contributed by atoms with Crippen molar-refractivity contribution in [3.05, 3.63) is 45.0 Å². The number of hydrogen-bond acceptors (Lipinski definition) is 9. The number of H-pyrrole nitrogens is 1. The first kappa shape index (κ1) is 29.8. The second-order valence-corrected chi connectivity index (χ2v) is 11.4. The SMILES string of the molecule is COP(/C=C/C1CC(OP(OCCC#N)N(C(C)C)C(C)C)C(n2ccc(=O)[nH]c2=O)CO1)OC. The molecule has 0 aromatic carbocycles. The van der Waals surface area contributed by atoms with Crippen molar-refractivity contribution in [1.82, 2.24) is 14.2 Å². The van der Waals surface area contributed by atoms with E-state index in [1.54, 1.807) is 14.2 Å². The predicted molar refractivity (Wildman–Crippen MR) is 135 cm³/mol. The van der Waals surface area contributed by atoms with Gasteiger partial charge in [-0.25, -0.2) is 9.46 Å². The molecule has 0 bridgehead atoms. The minimum Gasteiger partial charge on any atom is -0.372 e. The van der Waals surface area contributed by atoms with E-state index in [9.17, 15) is 9.59 Å². The number of nitriles is 1. The van der Waals surface area contributed by atoms with Crippen molar-refractivity contribution in [3.8, 4) is 6.07 Å². The van der Waals surface area contributed by atoms with Gasteiger partial charge in [-0.3, -0.25) is 14.3 Å². The van der Waals surface area contributed by atoms with Crippen molar-refractivity contribution in [2.45, 2.75) is 70.9 Å². The molecule has 1 N–H and O–H groups in total. The van der Waals surface area contributed by atoms with Gasteiger partial charge < -0.3 is 22.8 Å². The van der Waals surface area contributed by atoms with Crippen LogP contribution >= 0.6 is 16.9 Å². The van der Waals surface area contributed by atoms with Crippen molar-refractivity contribution in [3.63, 3.8) is 0 Å². The molecule has 0 amide bonds. The highest BCUT2D eigenvalue weighted by molar-refractivity contribution is 7.50. The molecule has 1 aliphatic heterocycles. The summed E-state index contributed by atoms with van der Waals surface area (Å²) in [6.45, 7) is 8.66. The van der Waals surface area contributed by atoms with E-state index in [4.69, 9.17) is 28.1 Å². The van der Waals surface area contributed by atoms with Crippen LogP contribution in [0.3, 0.4) is 0 Å². The second-order valence-electron chi connectivity index (χ2n) is 8.37. The highest BCUT2D eigenvalue weighted by Gasteiger charge is 2.38. The average molecular weight is 530 g/mol. The molecule has 1 aromatic heterocycles. The van der Waals surface area contributed by atoms with Crippen LogP contribution in [0.2, 0.25) is 0 Å². The Morgan fingerprint density at radius 2 is 1.97 bits per heavy atom. The Morgan fingerprint density at radius 1 is 1.29 bits per heavy atom. The molecular weight excluding hydrogens is 494 g/mol. The van der Waals surface area contributed by atoms with Crippen LogP contribution in [0.5, 0.6) is 0 Å². The molecule has 2 heterocycles. The third kappa shape index (κ3) is 8.85. The first-order chi connectivity index (χ1) is 16.7. The van der Waals surface area contributed by atoms with E-state index in [2.05, 4.69) is 43.4 Å². The third-order valence-electron chi connectivity index (χ3n) is 5.25. The van der Waals surface area contributed by atoms with Crippen LogP contribution in [0.1, 0.15) is 46.6 Å². The molecule has 35 heavy (non-hydrogen) atoms. The number of nitrogens with zero attached hydrogens (tertiary/aromatic N) is 3. The zero-order valence-electron chi connectivity index (χ0n) is 21.1. The Labute approximate surface area is 208 Å². The molecule has 0 spiro atoms. The van der Waals surface area contributed by atoms with E-state index in [0.717, 1.165) is 0 Å². The molecule has 4 atom stereocenters. The highest BCUT2D eigenvalue weighted by atomic mass is 31.2. The van der Waals surface area contributed by atoms with Gasteiger partial charge in [-0.1, -0.05) is 6.08 Å². The molecule has 1 aromatic rings. The van der Waals surface area contributed by atoms with E-state index in [0.29, 0.717) is 6.42 Å². The quantitative estimate of drug-likeness (QED) is 0.300. The summed E-state index contributed by atoms with van der Waals surface area (Å²) < 4.78 is 32.8. The predicted octanol–water partition coefficient (Wildman–Crippen LogP) is 3.65. The Hall–Kier alpha value is -1.47. The van der Waals surface area contributed by atoms with Crippen LogP contribution in [0.15, 0.2) is 33.7 Å². The summed E-state index contributed by atoms with van der Waals surface area (Å²) in [4.78, 5) is 26.5. The zero-order chi connectivity index (χ0) is 26.0. The van der Waals surface area contributed by atoms with Gasteiger partial charge in [-0.05, 0) is 33.5 Å². The standard InChI is InChI=1S/C22H36N4O7P2/c1-16(2)26(17(3)4)35(32-12-7-10-23)33-20-14-18(9-13-34(29-5)30-6)31-15-19(20)25-11-8-21(27)24-22(25)28/h8-9,11,13,16-20H,7,12,14-15H2,1-6H3,(H,24,27,28)/b13-9+. The lowest BCUT2D eigenvalue weighted by atomic mass is 10.0. The minimum atomic E-state index is -1.55. The Morgan fingerprint density at radius 3 is 2.54 bits per heavy atom. The topological polar surface area (TPSA) is 128 Å². The molecule has 1 fully saturated rings. The van der Waals surface area contributed by atoms with Crippen LogP contribution < -0.4 is 11.2 Å². The molecule has 0 saturated carbocycles. The van der Waals surface area contributed by atoms with Gasteiger partial charge in [0.2, 0.25) is 0 Å². The summed E-state index contributed by atoms with van der Waals surface area (Å²) in [5.41, 5.74) is -1.00. The summed E-state index contributed by atoms with van der Waals surface area (Å²) in [5, 5.41) is 8.99. The smallest absolute Gasteiger partial charge is 0.328 e. The minimum absolute atomic E-state index is 0.125. The first-order valence-electron chi connectivity index (χ1n) is 11.5. The molecule has 196 valence electrons. The lowest BCUT2D eigenvalue weighted by molar-refractivity contribution is -0.0542. The fraction of sp³-hybridized carbons (Fsp3) is 0.682. The molecular formula is C22H36N4O7P2. The van der Waals surface area contributed by atoms with Gasteiger partial charge in [0, 0.05) is 45.0 Å². The van der Waals surface area contributed by atoms with Gasteiger partial charge in [-0.2, -0.15) is 5.26 Å². The molecule has 2 rings (SSSR count). The van der Waals surface area contributed by atoms with E-state index in [1.807, 2.05) is 11.9 Å². The molecule has 1 saturated heterocycles. The molecule has 13 heteroatoms. The van der Waals surface area contributed by atoms with Gasteiger partial charge in [0.15, 0.2) is 8.38 Å². The van der Waals surface area contributed by atoms with Crippen LogP contribution in [0, 0.1) is 11.3 Å². The second kappa shape index (κ2) is 14.9. The number of ether oxygens (including phenoxy) is 1. The van der Waals surface area contributed by atoms with Gasteiger partial charge >= 0.3 is 5.69 Å². The van der Waals surface area contributed by atoms with Crippen LogP contribution in [0.4, 0.5) is 0 Å². The third-order valence-corrected chi connectivity index (χ3v) is 8.54. The van der Waals surface area contributed by atoms with Crippen LogP contribution in [-0.2, 0) is 22.8 Å². The maximum absolute atomic E-state index is 12.6. The monoisotopic (exact) mass is 530 g/mol. The fourth-order valence-electron chi connectivity index (χ4n) is 3.75. The van der Waals surface area contributed by atoms with Crippen molar-refractivity contribution < 1.29 is 22.8 Å². The summed E-state index contributed by atoms with van der Waals surface area (Å²) in [6, 6.07) is 3.16. The summed E-state index contributed by atoms with van der Waals surface area (Å²) in [6.07, 6.45) is 3.25. The molecule has 0 radical (unpaired) electrons. The largest absolute Gasteiger partial charge is 0.372 e. The number of aromatic amines is 1. The van der Waals surface area contributed by atoms with Gasteiger partial charge in [-0.15, -0.1) is 0 Å². The Balaban J connectivity index is 2.38. The summed E-state index contributed by atoms with van der Waals surface area (Å²) in [7, 11) is 0.430. The van der Waals surface area contributed by atoms with Crippen molar-refractivity contribution >= 4 is 16.9 Å². The Bertz CT molecular complexity index is 950. The maximum Gasteiger partial charge on any atom is 0.328 e. The Kier molecular flexibility index (Phi) is 12.7. The molecule has 11 nitrogen and oxygen atoms in total. The van der Waals surface area contributed by atoms with Crippen LogP contribution in [-0.4, -0.2) is 65.9 Å². The average Bonchev–Trinajstić information content (AvgIpc) is 2.80. The maximum atomic E-state index is 12.6. The summed E-state index contributed by atoms with van der Waals surface area (Å²) >= 11 is 0. The van der Waals surface area contributed by atoms with Crippen molar-refractivity contribution in [2.24, 2.45) is 0 Å². The zero-order valence-corrected chi connectivity index (χ0v) is 22.9. The number of rotatable bonds is 13. The lowest BCUT2D eigenvalue weighted by Gasteiger charge is -2.41. The number of hydrogen-bond donors (Lipinski definition) is 1. The van der Waals surface area contributed by atoms with Gasteiger partial charge in [0.25, 0.3) is 14.1 Å². The normalized spacial score (nSPS) is 21.9. The van der Waals surface area contributed by atoms with E-state index >= 15 is 0 Å². The lowest BCUT2D eigenvalue weighted by Crippen LogP contribution is -2.45. The van der Waals surface area contributed by atoms with E-state index < -0.39 is 40.3 Å².